The summed E-state index contributed by atoms with van der Waals surface area (Å²) < 4.78 is 2.28. The molecule has 3 nitrogen and oxygen atoms in total. The number of aryl methyl sites for hydroxylation is 1. The van der Waals surface area contributed by atoms with Crippen LogP contribution in [0.2, 0.25) is 0 Å². The van der Waals surface area contributed by atoms with Gasteiger partial charge in [-0.3, -0.25) is 9.59 Å². The van der Waals surface area contributed by atoms with E-state index >= 15 is 0 Å². The molecule has 0 aliphatic carbocycles. The van der Waals surface area contributed by atoms with Gasteiger partial charge in [-0.1, -0.05) is 64.7 Å². The lowest BCUT2D eigenvalue weighted by atomic mass is 10.1. The highest BCUT2D eigenvalue weighted by Gasteiger charge is 2.14. The number of carbonyl (C=O) groups excluding carboxylic acids is 2. The summed E-state index contributed by atoms with van der Waals surface area (Å²) in [4.78, 5) is 23.3. The van der Waals surface area contributed by atoms with Gasteiger partial charge in [-0.25, -0.2) is 0 Å². The standard InChI is InChI=1S/C26H31Cl2NO2/c1-2-3-4-5-6-7-8-9-10-11-16-29-23-14-12-19(25(27)30)17-21(23)22-18-20(26(28)31)13-15-24(22)29/h12-15,17-18H,2-11,16H2,1H3. The lowest BCUT2D eigenvalue weighted by Crippen LogP contribution is -1.98. The second-order valence-corrected chi connectivity index (χ2v) is 9.03. The summed E-state index contributed by atoms with van der Waals surface area (Å²) in [5.41, 5.74) is 3.00. The zero-order valence-electron chi connectivity index (χ0n) is 18.3. The van der Waals surface area contributed by atoms with Gasteiger partial charge in [0.05, 0.1) is 0 Å². The number of aromatic nitrogens is 1. The summed E-state index contributed by atoms with van der Waals surface area (Å²) in [6.45, 7) is 3.16. The van der Waals surface area contributed by atoms with Crippen LogP contribution in [0.3, 0.4) is 0 Å². The van der Waals surface area contributed by atoms with Gasteiger partial charge in [0.25, 0.3) is 10.5 Å². The SMILES string of the molecule is CCCCCCCCCCCCn1c2ccc(C(=O)Cl)cc2c2cc(C(=O)Cl)ccc21. The molecule has 0 bridgehead atoms. The van der Waals surface area contributed by atoms with E-state index in [4.69, 9.17) is 23.2 Å². The number of nitrogens with zero attached hydrogens (tertiary/aromatic N) is 1. The number of fused-ring (bicyclic) bond motifs is 3. The first-order valence-electron chi connectivity index (χ1n) is 11.5. The van der Waals surface area contributed by atoms with Crippen LogP contribution in [-0.4, -0.2) is 15.1 Å². The maximum Gasteiger partial charge on any atom is 0.252 e. The lowest BCUT2D eigenvalue weighted by molar-refractivity contribution is 0.107. The van der Waals surface area contributed by atoms with Crippen molar-refractivity contribution in [2.75, 3.05) is 0 Å². The van der Waals surface area contributed by atoms with Crippen LogP contribution in [0.5, 0.6) is 0 Å². The fourth-order valence-corrected chi connectivity index (χ4v) is 4.58. The Morgan fingerprint density at radius 2 is 1.10 bits per heavy atom. The van der Waals surface area contributed by atoms with Gasteiger partial charge in [-0.15, -0.1) is 0 Å². The fourth-order valence-electron chi connectivity index (χ4n) is 4.35. The summed E-state index contributed by atoms with van der Waals surface area (Å²) in [6.07, 6.45) is 13.0. The van der Waals surface area contributed by atoms with Crippen LogP contribution in [0.15, 0.2) is 36.4 Å². The fraction of sp³-hybridized carbons (Fsp3) is 0.462. The molecular formula is C26H31Cl2NO2. The van der Waals surface area contributed by atoms with Crippen molar-refractivity contribution in [1.29, 1.82) is 0 Å². The molecule has 0 N–H and O–H groups in total. The Kier molecular flexibility index (Phi) is 8.98. The monoisotopic (exact) mass is 459 g/mol. The predicted octanol–water partition coefficient (Wildman–Crippen LogP) is 8.47. The quantitative estimate of drug-likeness (QED) is 0.190. The van der Waals surface area contributed by atoms with E-state index < -0.39 is 10.5 Å². The van der Waals surface area contributed by atoms with Gasteiger partial charge < -0.3 is 4.57 Å². The Bertz CT molecular complexity index is 983. The second-order valence-electron chi connectivity index (χ2n) is 8.34. The molecule has 2 aromatic carbocycles. The number of benzene rings is 2. The number of unbranched alkanes of at least 4 members (excludes halogenated alkanes) is 9. The first-order valence-corrected chi connectivity index (χ1v) is 12.2. The van der Waals surface area contributed by atoms with Gasteiger partial charge in [0, 0.05) is 39.5 Å². The van der Waals surface area contributed by atoms with Crippen molar-refractivity contribution < 1.29 is 9.59 Å². The molecule has 5 heteroatoms. The predicted molar refractivity (Wildman–Crippen MR) is 132 cm³/mol. The minimum Gasteiger partial charge on any atom is -0.340 e. The third kappa shape index (κ3) is 6.11. The molecule has 0 aliphatic heterocycles. The van der Waals surface area contributed by atoms with Gasteiger partial charge in [0.15, 0.2) is 0 Å². The zero-order valence-corrected chi connectivity index (χ0v) is 19.8. The average molecular weight is 460 g/mol. The molecule has 0 amide bonds. The van der Waals surface area contributed by atoms with E-state index in [-0.39, 0.29) is 0 Å². The number of rotatable bonds is 13. The van der Waals surface area contributed by atoms with E-state index in [9.17, 15) is 9.59 Å². The molecule has 1 heterocycles. The average Bonchev–Trinajstić information content (AvgIpc) is 3.07. The van der Waals surface area contributed by atoms with E-state index in [2.05, 4.69) is 11.5 Å². The topological polar surface area (TPSA) is 39.1 Å². The Balaban J connectivity index is 1.69. The van der Waals surface area contributed by atoms with Crippen molar-refractivity contribution in [3.8, 4) is 0 Å². The van der Waals surface area contributed by atoms with Crippen LogP contribution in [0.4, 0.5) is 0 Å². The maximum absolute atomic E-state index is 11.7. The van der Waals surface area contributed by atoms with E-state index in [0.29, 0.717) is 11.1 Å². The maximum atomic E-state index is 11.7. The summed E-state index contributed by atoms with van der Waals surface area (Å²) in [5.74, 6) is 0. The molecule has 3 rings (SSSR count). The number of hydrogen-bond acceptors (Lipinski definition) is 2. The van der Waals surface area contributed by atoms with E-state index in [1.807, 2.05) is 24.3 Å². The van der Waals surface area contributed by atoms with Crippen LogP contribution >= 0.6 is 23.2 Å². The van der Waals surface area contributed by atoms with Gasteiger partial charge in [0.1, 0.15) is 0 Å². The molecule has 1 aromatic heterocycles. The summed E-state index contributed by atoms with van der Waals surface area (Å²) in [5, 5.41) is 0.880. The normalized spacial score (nSPS) is 11.5. The van der Waals surface area contributed by atoms with Crippen molar-refractivity contribution >= 4 is 55.5 Å². The number of hydrogen-bond donors (Lipinski definition) is 0. The zero-order chi connectivity index (χ0) is 22.2. The molecule has 0 saturated heterocycles. The van der Waals surface area contributed by atoms with Crippen LogP contribution in [-0.2, 0) is 6.54 Å². The smallest absolute Gasteiger partial charge is 0.252 e. The van der Waals surface area contributed by atoms with Gasteiger partial charge in [-0.05, 0) is 66.0 Å². The molecule has 0 unspecified atom stereocenters. The minimum atomic E-state index is -0.484. The molecule has 0 aliphatic rings. The molecule has 166 valence electrons. The molecule has 0 radical (unpaired) electrons. The third-order valence-electron chi connectivity index (χ3n) is 6.05. The molecule has 3 aromatic rings. The number of halogens is 2. The molecule has 0 saturated carbocycles. The van der Waals surface area contributed by atoms with Crippen molar-refractivity contribution in [3.05, 3.63) is 47.5 Å². The van der Waals surface area contributed by atoms with Crippen molar-refractivity contribution in [2.24, 2.45) is 0 Å². The van der Waals surface area contributed by atoms with Crippen molar-refractivity contribution in [1.82, 2.24) is 4.57 Å². The molecular weight excluding hydrogens is 429 g/mol. The molecule has 31 heavy (non-hydrogen) atoms. The first-order chi connectivity index (χ1) is 15.0. The first kappa shape index (κ1) is 23.8. The Labute approximate surface area is 194 Å². The van der Waals surface area contributed by atoms with Crippen LogP contribution in [0, 0.1) is 0 Å². The van der Waals surface area contributed by atoms with Crippen LogP contribution in [0.1, 0.15) is 91.8 Å². The second kappa shape index (κ2) is 11.7. The largest absolute Gasteiger partial charge is 0.340 e. The van der Waals surface area contributed by atoms with E-state index in [1.165, 1.54) is 57.8 Å². The molecule has 0 fully saturated rings. The van der Waals surface area contributed by atoms with Gasteiger partial charge in [-0.2, -0.15) is 0 Å². The van der Waals surface area contributed by atoms with Gasteiger partial charge >= 0.3 is 0 Å². The Morgan fingerprint density at radius 1 is 0.677 bits per heavy atom. The summed E-state index contributed by atoms with van der Waals surface area (Å²) in [7, 11) is 0. The Hall–Kier alpha value is -1.84. The molecule has 0 spiro atoms. The highest BCUT2D eigenvalue weighted by Crippen LogP contribution is 2.32. The van der Waals surface area contributed by atoms with Crippen molar-refractivity contribution in [2.45, 2.75) is 77.7 Å². The minimum absolute atomic E-state index is 0.453. The highest BCUT2D eigenvalue weighted by molar-refractivity contribution is 6.68. The number of carbonyl (C=O) groups is 2. The lowest BCUT2D eigenvalue weighted by Gasteiger charge is -2.08. The van der Waals surface area contributed by atoms with Crippen LogP contribution in [0.25, 0.3) is 21.8 Å². The van der Waals surface area contributed by atoms with E-state index in [1.54, 1.807) is 12.1 Å². The summed E-state index contributed by atoms with van der Waals surface area (Å²) >= 11 is 11.4. The highest BCUT2D eigenvalue weighted by atomic mass is 35.5. The van der Waals surface area contributed by atoms with Gasteiger partial charge in [0.2, 0.25) is 0 Å². The Morgan fingerprint density at radius 3 is 1.52 bits per heavy atom. The van der Waals surface area contributed by atoms with Crippen molar-refractivity contribution in [3.63, 3.8) is 0 Å². The van der Waals surface area contributed by atoms with E-state index in [0.717, 1.165) is 34.8 Å². The third-order valence-corrected chi connectivity index (χ3v) is 6.49. The summed E-state index contributed by atoms with van der Waals surface area (Å²) in [6, 6.07) is 11.0. The van der Waals surface area contributed by atoms with Crippen LogP contribution < -0.4 is 0 Å². The molecule has 0 atom stereocenters.